The Bertz CT molecular complexity index is 1030. The van der Waals surface area contributed by atoms with E-state index in [1.54, 1.807) is 6.20 Å². The molecule has 1 aromatic carbocycles. The van der Waals surface area contributed by atoms with Crippen molar-refractivity contribution in [2.75, 3.05) is 13.1 Å². The number of likely N-dealkylation sites (tertiary alicyclic amines) is 1. The Kier molecular flexibility index (Phi) is 5.69. The van der Waals surface area contributed by atoms with Crippen molar-refractivity contribution in [2.24, 2.45) is 0 Å². The molecule has 0 saturated carbocycles. The number of hydrogen-bond donors (Lipinski definition) is 1. The van der Waals surface area contributed by atoms with Crippen molar-refractivity contribution >= 4 is 17.5 Å². The zero-order chi connectivity index (χ0) is 21.3. The molecule has 1 N–H and O–H groups in total. The van der Waals surface area contributed by atoms with E-state index in [1.165, 1.54) is 0 Å². The number of nitrogens with zero attached hydrogens (tertiary/aromatic N) is 3. The van der Waals surface area contributed by atoms with Gasteiger partial charge in [0.15, 0.2) is 5.89 Å². The molecule has 1 amide bonds. The van der Waals surface area contributed by atoms with Crippen molar-refractivity contribution in [2.45, 2.75) is 51.4 Å². The van der Waals surface area contributed by atoms with Crippen LogP contribution in [-0.2, 0) is 11.8 Å². The molecule has 0 radical (unpaired) electrons. The summed E-state index contributed by atoms with van der Waals surface area (Å²) in [6.45, 7) is 7.58. The van der Waals surface area contributed by atoms with Crippen LogP contribution in [0.1, 0.15) is 72.9 Å². The van der Waals surface area contributed by atoms with Crippen LogP contribution in [0.15, 0.2) is 40.9 Å². The molecule has 4 rings (SSSR count). The van der Waals surface area contributed by atoms with E-state index in [4.69, 9.17) is 16.0 Å². The van der Waals surface area contributed by atoms with Crippen molar-refractivity contribution < 1.29 is 9.21 Å². The molecule has 3 heterocycles. The largest absolute Gasteiger partial charge is 0.445 e. The first kappa shape index (κ1) is 20.7. The molecule has 2 aromatic heterocycles. The minimum atomic E-state index is -0.0773. The number of piperidine rings is 1. The number of oxazole rings is 1. The number of rotatable bonds is 4. The molecule has 7 heteroatoms. The summed E-state index contributed by atoms with van der Waals surface area (Å²) in [5.41, 5.74) is 2.35. The van der Waals surface area contributed by atoms with Crippen LogP contribution in [0.2, 0.25) is 5.02 Å². The van der Waals surface area contributed by atoms with Crippen LogP contribution in [0.25, 0.3) is 0 Å². The van der Waals surface area contributed by atoms with E-state index in [9.17, 15) is 4.79 Å². The first-order valence-electron chi connectivity index (χ1n) is 10.3. The van der Waals surface area contributed by atoms with Gasteiger partial charge < -0.3 is 9.32 Å². The zero-order valence-electron chi connectivity index (χ0n) is 17.6. The number of aromatic nitrogens is 3. The van der Waals surface area contributed by atoms with Gasteiger partial charge in [-0.15, -0.1) is 0 Å². The second-order valence-corrected chi connectivity index (χ2v) is 9.35. The van der Waals surface area contributed by atoms with E-state index in [2.05, 4.69) is 36.0 Å². The Balaban J connectivity index is 1.44. The third kappa shape index (κ3) is 4.43. The maximum Gasteiger partial charge on any atom is 0.274 e. The Labute approximate surface area is 181 Å². The fourth-order valence-corrected chi connectivity index (χ4v) is 3.97. The Hall–Kier alpha value is -2.60. The molecule has 3 aromatic rings. The summed E-state index contributed by atoms with van der Waals surface area (Å²) in [7, 11) is 0. The van der Waals surface area contributed by atoms with Gasteiger partial charge in [0.1, 0.15) is 11.5 Å². The summed E-state index contributed by atoms with van der Waals surface area (Å²) in [5, 5.41) is 7.97. The smallest absolute Gasteiger partial charge is 0.274 e. The monoisotopic (exact) mass is 426 g/mol. The lowest BCUT2D eigenvalue weighted by molar-refractivity contribution is 0.0692. The van der Waals surface area contributed by atoms with Crippen LogP contribution in [0.5, 0.6) is 0 Å². The normalized spacial score (nSPS) is 17.3. The Morgan fingerprint density at radius 2 is 2.13 bits per heavy atom. The molecule has 158 valence electrons. The van der Waals surface area contributed by atoms with Crippen molar-refractivity contribution in [3.63, 3.8) is 0 Å². The summed E-state index contributed by atoms with van der Waals surface area (Å²) in [6.07, 6.45) is 4.23. The molecule has 6 nitrogen and oxygen atoms in total. The lowest BCUT2D eigenvalue weighted by atomic mass is 9.92. The molecule has 1 saturated heterocycles. The second kappa shape index (κ2) is 8.26. The lowest BCUT2D eigenvalue weighted by Gasteiger charge is -2.30. The predicted molar refractivity (Wildman–Crippen MR) is 116 cm³/mol. The van der Waals surface area contributed by atoms with Crippen molar-refractivity contribution in [3.8, 4) is 0 Å². The molecule has 0 aliphatic carbocycles. The number of benzene rings is 1. The number of hydrogen-bond acceptors (Lipinski definition) is 4. The van der Waals surface area contributed by atoms with E-state index in [-0.39, 0.29) is 17.2 Å². The summed E-state index contributed by atoms with van der Waals surface area (Å²) in [4.78, 5) is 19.3. The second-order valence-electron chi connectivity index (χ2n) is 8.94. The van der Waals surface area contributed by atoms with Crippen LogP contribution < -0.4 is 0 Å². The molecule has 0 spiro atoms. The van der Waals surface area contributed by atoms with Crippen molar-refractivity contribution in [1.82, 2.24) is 20.1 Å². The highest BCUT2D eigenvalue weighted by Crippen LogP contribution is 2.29. The fourth-order valence-electron chi connectivity index (χ4n) is 3.76. The molecule has 0 bridgehead atoms. The van der Waals surface area contributed by atoms with Gasteiger partial charge in [-0.2, -0.15) is 5.10 Å². The van der Waals surface area contributed by atoms with Crippen LogP contribution in [-0.4, -0.2) is 39.1 Å². The number of amides is 1. The lowest BCUT2D eigenvalue weighted by Crippen LogP contribution is -2.39. The van der Waals surface area contributed by atoms with Crippen LogP contribution >= 0.6 is 11.6 Å². The topological polar surface area (TPSA) is 75.0 Å². The van der Waals surface area contributed by atoms with E-state index >= 15 is 0 Å². The number of aromatic amines is 1. The summed E-state index contributed by atoms with van der Waals surface area (Å²) in [6, 6.07) is 9.59. The highest BCUT2D eigenvalue weighted by molar-refractivity contribution is 6.31. The van der Waals surface area contributed by atoms with Gasteiger partial charge in [-0.3, -0.25) is 9.89 Å². The number of H-pyrrole nitrogens is 1. The first-order chi connectivity index (χ1) is 14.3. The van der Waals surface area contributed by atoms with Crippen LogP contribution in [0, 0.1) is 0 Å². The standard InChI is InChI=1S/C23H27ClN4O2/c1-23(2,3)20-12-19(26-27-20)22(29)28-10-6-8-16(14-28)21-25-13-17(30-21)11-15-7-4-5-9-18(15)24/h4-5,7,9,12-13,16H,6,8,10-11,14H2,1-3H3,(H,26,27)/t16-/m0/s1. The van der Waals surface area contributed by atoms with Crippen LogP contribution in [0.4, 0.5) is 0 Å². The van der Waals surface area contributed by atoms with Gasteiger partial charge >= 0.3 is 0 Å². The van der Waals surface area contributed by atoms with E-state index in [1.807, 2.05) is 35.2 Å². The average molecular weight is 427 g/mol. The van der Waals surface area contributed by atoms with Crippen molar-refractivity contribution in [3.05, 3.63) is 70.2 Å². The minimum Gasteiger partial charge on any atom is -0.445 e. The Morgan fingerprint density at radius 1 is 1.33 bits per heavy atom. The van der Waals surface area contributed by atoms with Gasteiger partial charge in [0, 0.05) is 35.6 Å². The predicted octanol–water partition coefficient (Wildman–Crippen LogP) is 4.96. The highest BCUT2D eigenvalue weighted by Gasteiger charge is 2.30. The van der Waals surface area contributed by atoms with Crippen LogP contribution in [0.3, 0.4) is 0 Å². The fraction of sp³-hybridized carbons (Fsp3) is 0.435. The third-order valence-electron chi connectivity index (χ3n) is 5.56. The zero-order valence-corrected chi connectivity index (χ0v) is 18.4. The van der Waals surface area contributed by atoms with E-state index < -0.39 is 0 Å². The molecule has 0 unspecified atom stereocenters. The SMILES string of the molecule is CC(C)(C)c1cc(C(=O)N2CCC[C@H](c3ncc(Cc4ccccc4Cl)o3)C2)n[nH]1. The molecular weight excluding hydrogens is 400 g/mol. The minimum absolute atomic E-state index is 0.0469. The quantitative estimate of drug-likeness (QED) is 0.639. The van der Waals surface area contributed by atoms with Gasteiger partial charge in [-0.1, -0.05) is 50.6 Å². The number of nitrogens with one attached hydrogen (secondary N) is 1. The molecule has 1 fully saturated rings. The number of halogens is 1. The maximum absolute atomic E-state index is 13.0. The first-order valence-corrected chi connectivity index (χ1v) is 10.7. The van der Waals surface area contributed by atoms with Gasteiger partial charge in [0.25, 0.3) is 5.91 Å². The molecule has 1 atom stereocenters. The summed E-state index contributed by atoms with van der Waals surface area (Å²) >= 11 is 6.26. The van der Waals surface area contributed by atoms with E-state index in [0.717, 1.165) is 41.4 Å². The molecule has 1 aliphatic rings. The molecular formula is C23H27ClN4O2. The third-order valence-corrected chi connectivity index (χ3v) is 5.93. The van der Waals surface area contributed by atoms with Gasteiger partial charge in [-0.25, -0.2) is 4.98 Å². The number of carbonyl (C=O) groups is 1. The summed E-state index contributed by atoms with van der Waals surface area (Å²) in [5.74, 6) is 1.51. The van der Waals surface area contributed by atoms with E-state index in [0.29, 0.717) is 24.6 Å². The maximum atomic E-state index is 13.0. The van der Waals surface area contributed by atoms with Crippen molar-refractivity contribution in [1.29, 1.82) is 0 Å². The Morgan fingerprint density at radius 3 is 2.87 bits per heavy atom. The van der Waals surface area contributed by atoms with Gasteiger partial charge in [-0.05, 0) is 30.5 Å². The molecule has 1 aliphatic heterocycles. The van der Waals surface area contributed by atoms with Gasteiger partial charge in [0.05, 0.1) is 12.1 Å². The summed E-state index contributed by atoms with van der Waals surface area (Å²) < 4.78 is 6.04. The highest BCUT2D eigenvalue weighted by atomic mass is 35.5. The number of carbonyl (C=O) groups excluding carboxylic acids is 1. The average Bonchev–Trinajstić information content (AvgIpc) is 3.39. The van der Waals surface area contributed by atoms with Gasteiger partial charge in [0.2, 0.25) is 0 Å². The molecule has 30 heavy (non-hydrogen) atoms.